The maximum atomic E-state index is 13.2. The molecule has 1 saturated heterocycles. The smallest absolute Gasteiger partial charge is 0.338 e. The monoisotopic (exact) mass is 411 g/mol. The van der Waals surface area contributed by atoms with Gasteiger partial charge in [0.2, 0.25) is 0 Å². The van der Waals surface area contributed by atoms with Crippen LogP contribution in [0.2, 0.25) is 0 Å². The number of esters is 1. The van der Waals surface area contributed by atoms with Gasteiger partial charge in [-0.15, -0.1) is 11.3 Å². The molecule has 0 saturated carbocycles. The zero-order chi connectivity index (χ0) is 20.5. The lowest BCUT2D eigenvalue weighted by Crippen LogP contribution is -2.30. The lowest BCUT2D eigenvalue weighted by Gasteiger charge is -2.23. The topological polar surface area (TPSA) is 103 Å². The highest BCUT2D eigenvalue weighted by molar-refractivity contribution is 7.18. The van der Waals surface area contributed by atoms with Crippen LogP contribution in [-0.2, 0) is 4.74 Å². The molecule has 4 rings (SSSR count). The number of amides is 1. The van der Waals surface area contributed by atoms with Crippen molar-refractivity contribution in [2.24, 2.45) is 0 Å². The zero-order valence-electron chi connectivity index (χ0n) is 15.5. The summed E-state index contributed by atoms with van der Waals surface area (Å²) in [5.41, 5.74) is 0.621. The Morgan fingerprint density at radius 2 is 2.00 bits per heavy atom. The molecule has 1 aromatic heterocycles. The van der Waals surface area contributed by atoms with E-state index < -0.39 is 10.9 Å². The summed E-state index contributed by atoms with van der Waals surface area (Å²) in [6.07, 6.45) is 1.58. The van der Waals surface area contributed by atoms with Crippen molar-refractivity contribution in [3.05, 3.63) is 68.7 Å². The summed E-state index contributed by atoms with van der Waals surface area (Å²) in [6, 6.07) is 11.2. The number of para-hydroxylation sites is 1. The second-order valence-electron chi connectivity index (χ2n) is 6.69. The van der Waals surface area contributed by atoms with E-state index >= 15 is 0 Å². The van der Waals surface area contributed by atoms with Crippen molar-refractivity contribution < 1.29 is 19.2 Å². The second kappa shape index (κ2) is 7.59. The Hall–Kier alpha value is -3.33. The normalized spacial score (nSPS) is 16.2. The van der Waals surface area contributed by atoms with Gasteiger partial charge in [0.15, 0.2) is 0 Å². The molecular formula is C20H17N3O5S. The maximum Gasteiger partial charge on any atom is 0.338 e. The predicted octanol–water partition coefficient (Wildman–Crippen LogP) is 3.97. The number of fused-ring (bicyclic) bond motifs is 1. The first-order chi connectivity index (χ1) is 14.0. The summed E-state index contributed by atoms with van der Waals surface area (Å²) in [4.78, 5) is 42.1. The highest BCUT2D eigenvalue weighted by atomic mass is 32.1. The molecule has 148 valence electrons. The van der Waals surface area contributed by atoms with Gasteiger partial charge in [0.05, 0.1) is 33.9 Å². The van der Waals surface area contributed by atoms with E-state index in [0.717, 1.165) is 34.1 Å². The molecule has 0 radical (unpaired) electrons. The summed E-state index contributed by atoms with van der Waals surface area (Å²) < 4.78 is 5.71. The van der Waals surface area contributed by atoms with Crippen LogP contribution in [0.25, 0.3) is 10.2 Å². The summed E-state index contributed by atoms with van der Waals surface area (Å²) in [7, 11) is 1.19. The number of hydrogen-bond acceptors (Lipinski definition) is 7. The van der Waals surface area contributed by atoms with Gasteiger partial charge in [-0.3, -0.25) is 14.9 Å². The molecule has 8 nitrogen and oxygen atoms in total. The van der Waals surface area contributed by atoms with E-state index in [1.54, 1.807) is 16.2 Å². The molecule has 1 unspecified atom stereocenters. The van der Waals surface area contributed by atoms with Crippen molar-refractivity contribution >= 4 is 39.1 Å². The van der Waals surface area contributed by atoms with Gasteiger partial charge in [0, 0.05) is 24.2 Å². The molecule has 3 aromatic rings. The average Bonchev–Trinajstić information content (AvgIpc) is 3.38. The van der Waals surface area contributed by atoms with E-state index in [-0.39, 0.29) is 28.8 Å². The van der Waals surface area contributed by atoms with Crippen molar-refractivity contribution in [2.45, 2.75) is 18.9 Å². The van der Waals surface area contributed by atoms with Crippen LogP contribution in [0.5, 0.6) is 0 Å². The molecule has 1 aliphatic rings. The fraction of sp³-hybridized carbons (Fsp3) is 0.250. The van der Waals surface area contributed by atoms with Gasteiger partial charge >= 0.3 is 5.97 Å². The minimum Gasteiger partial charge on any atom is -0.465 e. The first-order valence-electron chi connectivity index (χ1n) is 9.02. The lowest BCUT2D eigenvalue weighted by molar-refractivity contribution is -0.384. The number of nitrogens with zero attached hydrogens (tertiary/aromatic N) is 3. The maximum absolute atomic E-state index is 13.2. The standard InChI is InChI=1S/C20H17N3O5S/c1-28-20(25)13-9-12(10-14(11-13)23(26)27)19(24)22-8-4-6-16(22)18-21-15-5-2-3-7-17(15)29-18/h2-3,5,7,9-11,16H,4,6,8H2,1H3. The first-order valence-corrected chi connectivity index (χ1v) is 9.84. The van der Waals surface area contributed by atoms with E-state index in [9.17, 15) is 19.7 Å². The molecule has 1 fully saturated rings. The molecular weight excluding hydrogens is 394 g/mol. The Morgan fingerprint density at radius 1 is 1.24 bits per heavy atom. The lowest BCUT2D eigenvalue weighted by atomic mass is 10.1. The summed E-state index contributed by atoms with van der Waals surface area (Å²) >= 11 is 1.54. The Labute approximate surface area is 169 Å². The van der Waals surface area contributed by atoms with Crippen molar-refractivity contribution in [3.63, 3.8) is 0 Å². The van der Waals surface area contributed by atoms with E-state index in [1.165, 1.54) is 19.2 Å². The number of thiazole rings is 1. The van der Waals surface area contributed by atoms with Gasteiger partial charge < -0.3 is 9.64 Å². The predicted molar refractivity (Wildman–Crippen MR) is 107 cm³/mol. The van der Waals surface area contributed by atoms with Crippen LogP contribution in [0.1, 0.15) is 44.6 Å². The van der Waals surface area contributed by atoms with Crippen molar-refractivity contribution in [2.75, 3.05) is 13.7 Å². The number of methoxy groups -OCH3 is 1. The van der Waals surface area contributed by atoms with E-state index in [0.29, 0.717) is 6.54 Å². The number of rotatable bonds is 4. The molecule has 1 aliphatic heterocycles. The SMILES string of the molecule is COC(=O)c1cc(C(=O)N2CCCC2c2nc3ccccc3s2)cc([N+](=O)[O-])c1. The third-order valence-corrected chi connectivity index (χ3v) is 6.04. The number of aromatic nitrogens is 1. The molecule has 0 aliphatic carbocycles. The quantitative estimate of drug-likeness (QED) is 0.366. The third kappa shape index (κ3) is 3.56. The minimum absolute atomic E-state index is 0.0271. The Kier molecular flexibility index (Phi) is 4.98. The van der Waals surface area contributed by atoms with E-state index in [2.05, 4.69) is 9.72 Å². The van der Waals surface area contributed by atoms with Crippen molar-refractivity contribution in [1.29, 1.82) is 0 Å². The van der Waals surface area contributed by atoms with Crippen molar-refractivity contribution in [1.82, 2.24) is 9.88 Å². The first kappa shape index (κ1) is 19.0. The summed E-state index contributed by atoms with van der Waals surface area (Å²) in [5.74, 6) is -1.09. The molecule has 2 aromatic carbocycles. The second-order valence-corrected chi connectivity index (χ2v) is 7.76. The highest BCUT2D eigenvalue weighted by Gasteiger charge is 2.33. The molecule has 1 atom stereocenters. The molecule has 0 bridgehead atoms. The Balaban J connectivity index is 1.70. The van der Waals surface area contributed by atoms with Gasteiger partial charge in [0.1, 0.15) is 5.01 Å². The number of likely N-dealkylation sites (tertiary alicyclic amines) is 1. The van der Waals surface area contributed by atoms with E-state index in [4.69, 9.17) is 0 Å². The third-order valence-electron chi connectivity index (χ3n) is 4.91. The molecule has 0 spiro atoms. The number of non-ortho nitro benzene ring substituents is 1. The zero-order valence-corrected chi connectivity index (χ0v) is 16.3. The van der Waals surface area contributed by atoms with E-state index in [1.807, 2.05) is 24.3 Å². The number of carbonyl (C=O) groups excluding carboxylic acids is 2. The van der Waals surface area contributed by atoms with Crippen LogP contribution in [0.15, 0.2) is 42.5 Å². The van der Waals surface area contributed by atoms with Crippen LogP contribution < -0.4 is 0 Å². The number of hydrogen-bond donors (Lipinski definition) is 0. The molecule has 9 heteroatoms. The van der Waals surface area contributed by atoms with Gasteiger partial charge in [-0.05, 0) is 31.0 Å². The molecule has 1 amide bonds. The highest BCUT2D eigenvalue weighted by Crippen LogP contribution is 2.37. The fourth-order valence-electron chi connectivity index (χ4n) is 3.54. The molecule has 2 heterocycles. The number of ether oxygens (including phenoxy) is 1. The average molecular weight is 411 g/mol. The van der Waals surface area contributed by atoms with Crippen LogP contribution in [-0.4, -0.2) is 40.3 Å². The number of nitro groups is 1. The van der Waals surface area contributed by atoms with Gasteiger partial charge in [-0.1, -0.05) is 12.1 Å². The number of carbonyl (C=O) groups is 2. The van der Waals surface area contributed by atoms with Crippen molar-refractivity contribution in [3.8, 4) is 0 Å². The molecule has 29 heavy (non-hydrogen) atoms. The van der Waals surface area contributed by atoms with Crippen LogP contribution >= 0.6 is 11.3 Å². The van der Waals surface area contributed by atoms with Gasteiger partial charge in [-0.2, -0.15) is 0 Å². The number of nitro benzene ring substituents is 1. The fourth-order valence-corrected chi connectivity index (χ4v) is 4.66. The number of benzene rings is 2. The molecule has 0 N–H and O–H groups in total. The van der Waals surface area contributed by atoms with Crippen LogP contribution in [0.3, 0.4) is 0 Å². The minimum atomic E-state index is -0.730. The van der Waals surface area contributed by atoms with Crippen LogP contribution in [0, 0.1) is 10.1 Å². The largest absolute Gasteiger partial charge is 0.465 e. The Morgan fingerprint density at radius 3 is 2.72 bits per heavy atom. The Bertz CT molecular complexity index is 1090. The van der Waals surface area contributed by atoms with Crippen LogP contribution in [0.4, 0.5) is 5.69 Å². The van der Waals surface area contributed by atoms with Gasteiger partial charge in [0.25, 0.3) is 11.6 Å². The summed E-state index contributed by atoms with van der Waals surface area (Å²) in [6.45, 7) is 0.523. The summed E-state index contributed by atoms with van der Waals surface area (Å²) in [5, 5.41) is 12.1. The van der Waals surface area contributed by atoms with Gasteiger partial charge in [-0.25, -0.2) is 9.78 Å².